The van der Waals surface area contributed by atoms with E-state index in [2.05, 4.69) is 15.5 Å². The number of rotatable bonds is 4. The molecule has 2 aromatic heterocycles. The van der Waals surface area contributed by atoms with Gasteiger partial charge in [0, 0.05) is 17.6 Å². The summed E-state index contributed by atoms with van der Waals surface area (Å²) in [5.74, 6) is 1.26. The number of hydrogen-bond acceptors (Lipinski definition) is 5. The molecule has 6 nitrogen and oxygen atoms in total. The summed E-state index contributed by atoms with van der Waals surface area (Å²) < 4.78 is 10.6. The highest BCUT2D eigenvalue weighted by atomic mass is 16.5. The maximum atomic E-state index is 12.1. The summed E-state index contributed by atoms with van der Waals surface area (Å²) >= 11 is 0. The number of aromatic nitrogens is 2. The lowest BCUT2D eigenvalue weighted by atomic mass is 10.2. The lowest BCUT2D eigenvalue weighted by Crippen LogP contribution is -2.30. The van der Waals surface area contributed by atoms with Crippen LogP contribution in [-0.4, -0.2) is 22.2 Å². The summed E-state index contributed by atoms with van der Waals surface area (Å²) in [6.07, 6.45) is 1.00. The number of hydrogen-bond donors (Lipinski definition) is 1. The molecule has 0 spiro atoms. The second kappa shape index (κ2) is 5.85. The van der Waals surface area contributed by atoms with Crippen LogP contribution in [0, 0.1) is 6.92 Å². The maximum Gasteiger partial charge on any atom is 0.266 e. The van der Waals surface area contributed by atoms with E-state index in [1.165, 1.54) is 0 Å². The van der Waals surface area contributed by atoms with Crippen LogP contribution in [0.25, 0.3) is 10.9 Å². The molecule has 0 radical (unpaired) electrons. The summed E-state index contributed by atoms with van der Waals surface area (Å²) in [4.78, 5) is 16.4. The number of ether oxygens (including phenoxy) is 1. The van der Waals surface area contributed by atoms with Gasteiger partial charge in [-0.3, -0.25) is 9.78 Å². The van der Waals surface area contributed by atoms with Crippen LogP contribution in [0.3, 0.4) is 0 Å². The van der Waals surface area contributed by atoms with E-state index in [4.69, 9.17) is 9.26 Å². The van der Waals surface area contributed by atoms with Crippen molar-refractivity contribution < 1.29 is 14.1 Å². The van der Waals surface area contributed by atoms with E-state index >= 15 is 0 Å². The Bertz CT molecular complexity index is 808. The van der Waals surface area contributed by atoms with Gasteiger partial charge < -0.3 is 14.6 Å². The molecular weight excluding hydrogens is 282 g/mol. The van der Waals surface area contributed by atoms with E-state index in [-0.39, 0.29) is 5.91 Å². The van der Waals surface area contributed by atoms with Gasteiger partial charge in [-0.2, -0.15) is 0 Å². The van der Waals surface area contributed by atoms with Gasteiger partial charge >= 0.3 is 0 Å². The minimum absolute atomic E-state index is 0.304. The average Bonchev–Trinajstić information content (AvgIpc) is 2.92. The molecule has 0 aliphatic carbocycles. The van der Waals surface area contributed by atoms with Gasteiger partial charge in [0.1, 0.15) is 17.0 Å². The standard InChI is InChI=1S/C16H15N3O3/c1-10-9-14(19-22-10)18-16(20)11(2)21-13-7-3-5-12-6-4-8-17-15(12)13/h3-9,11H,1-2H3,(H,18,19,20)/t11-/m0/s1. The molecule has 22 heavy (non-hydrogen) atoms. The topological polar surface area (TPSA) is 77.2 Å². The zero-order valence-corrected chi connectivity index (χ0v) is 12.2. The monoisotopic (exact) mass is 297 g/mol. The Morgan fingerprint density at radius 1 is 1.32 bits per heavy atom. The molecule has 112 valence electrons. The van der Waals surface area contributed by atoms with E-state index < -0.39 is 6.10 Å². The Labute approximate surface area is 127 Å². The molecule has 3 rings (SSSR count). The first kappa shape index (κ1) is 14.1. The third-order valence-corrected chi connectivity index (χ3v) is 3.15. The van der Waals surface area contributed by atoms with Gasteiger partial charge in [-0.25, -0.2) is 0 Å². The Kier molecular flexibility index (Phi) is 3.74. The molecular formula is C16H15N3O3. The summed E-state index contributed by atoms with van der Waals surface area (Å²) in [5.41, 5.74) is 0.724. The lowest BCUT2D eigenvalue weighted by molar-refractivity contribution is -0.122. The Morgan fingerprint density at radius 2 is 2.14 bits per heavy atom. The van der Waals surface area contributed by atoms with Crippen LogP contribution in [-0.2, 0) is 4.79 Å². The number of anilines is 1. The van der Waals surface area contributed by atoms with Gasteiger partial charge in [0.15, 0.2) is 11.9 Å². The Hall–Kier alpha value is -2.89. The second-order valence-electron chi connectivity index (χ2n) is 4.90. The molecule has 0 saturated carbocycles. The fourth-order valence-corrected chi connectivity index (χ4v) is 2.07. The smallest absolute Gasteiger partial charge is 0.266 e. The van der Waals surface area contributed by atoms with Gasteiger partial charge in [0.2, 0.25) is 0 Å². The SMILES string of the molecule is Cc1cc(NC(=O)[C@H](C)Oc2cccc3cccnc23)no1. The van der Waals surface area contributed by atoms with Crippen molar-refractivity contribution in [3.63, 3.8) is 0 Å². The van der Waals surface area contributed by atoms with Crippen molar-refractivity contribution in [3.8, 4) is 5.75 Å². The highest BCUT2D eigenvalue weighted by Crippen LogP contribution is 2.24. The number of carbonyl (C=O) groups excluding carboxylic acids is 1. The van der Waals surface area contributed by atoms with Crippen LogP contribution >= 0.6 is 0 Å². The molecule has 3 aromatic rings. The third kappa shape index (κ3) is 2.90. The molecule has 2 heterocycles. The number of pyridine rings is 1. The fraction of sp³-hybridized carbons (Fsp3) is 0.188. The normalized spacial score (nSPS) is 12.1. The van der Waals surface area contributed by atoms with Crippen molar-refractivity contribution in [1.29, 1.82) is 0 Å². The van der Waals surface area contributed by atoms with Crippen molar-refractivity contribution in [2.75, 3.05) is 5.32 Å². The van der Waals surface area contributed by atoms with Crippen molar-refractivity contribution in [1.82, 2.24) is 10.1 Å². The minimum atomic E-state index is -0.690. The van der Waals surface area contributed by atoms with Crippen LogP contribution in [0.5, 0.6) is 5.75 Å². The third-order valence-electron chi connectivity index (χ3n) is 3.15. The fourth-order valence-electron chi connectivity index (χ4n) is 2.07. The lowest BCUT2D eigenvalue weighted by Gasteiger charge is -2.14. The van der Waals surface area contributed by atoms with Crippen molar-refractivity contribution in [2.24, 2.45) is 0 Å². The van der Waals surface area contributed by atoms with Gasteiger partial charge in [0.05, 0.1) is 0 Å². The second-order valence-corrected chi connectivity index (χ2v) is 4.90. The first-order chi connectivity index (χ1) is 10.6. The highest BCUT2D eigenvalue weighted by molar-refractivity contribution is 5.93. The molecule has 0 bridgehead atoms. The average molecular weight is 297 g/mol. The van der Waals surface area contributed by atoms with Gasteiger partial charge in [-0.1, -0.05) is 23.4 Å². The van der Waals surface area contributed by atoms with E-state index in [9.17, 15) is 4.79 Å². The molecule has 6 heteroatoms. The molecule has 0 aliphatic heterocycles. The van der Waals surface area contributed by atoms with Gasteiger partial charge in [-0.05, 0) is 26.0 Å². The summed E-state index contributed by atoms with van der Waals surface area (Å²) in [6, 6.07) is 11.0. The molecule has 1 N–H and O–H groups in total. The number of aryl methyl sites for hydroxylation is 1. The molecule has 1 aromatic carbocycles. The first-order valence-electron chi connectivity index (χ1n) is 6.88. The highest BCUT2D eigenvalue weighted by Gasteiger charge is 2.17. The minimum Gasteiger partial charge on any atom is -0.479 e. The van der Waals surface area contributed by atoms with Crippen LogP contribution < -0.4 is 10.1 Å². The van der Waals surface area contributed by atoms with Crippen LogP contribution in [0.1, 0.15) is 12.7 Å². The molecule has 0 aliphatic rings. The number of nitrogens with zero attached hydrogens (tertiary/aromatic N) is 2. The van der Waals surface area contributed by atoms with E-state index in [0.29, 0.717) is 17.3 Å². The van der Waals surface area contributed by atoms with E-state index in [0.717, 1.165) is 10.9 Å². The van der Waals surface area contributed by atoms with Crippen LogP contribution in [0.2, 0.25) is 0 Å². The van der Waals surface area contributed by atoms with Gasteiger partial charge in [-0.15, -0.1) is 0 Å². The van der Waals surface area contributed by atoms with E-state index in [1.807, 2.05) is 24.3 Å². The number of amides is 1. The number of nitrogens with one attached hydrogen (secondary N) is 1. The summed E-state index contributed by atoms with van der Waals surface area (Å²) in [6.45, 7) is 3.43. The van der Waals surface area contributed by atoms with Crippen molar-refractivity contribution in [3.05, 3.63) is 48.4 Å². The number of fused-ring (bicyclic) bond motifs is 1. The Morgan fingerprint density at radius 3 is 2.91 bits per heavy atom. The van der Waals surface area contributed by atoms with E-state index in [1.54, 1.807) is 32.2 Å². The molecule has 1 atom stereocenters. The summed E-state index contributed by atoms with van der Waals surface area (Å²) in [7, 11) is 0. The summed E-state index contributed by atoms with van der Waals surface area (Å²) in [5, 5.41) is 7.32. The largest absolute Gasteiger partial charge is 0.479 e. The van der Waals surface area contributed by atoms with Crippen molar-refractivity contribution in [2.45, 2.75) is 20.0 Å². The van der Waals surface area contributed by atoms with Crippen LogP contribution in [0.4, 0.5) is 5.82 Å². The van der Waals surface area contributed by atoms with Gasteiger partial charge in [0.25, 0.3) is 5.91 Å². The number of benzene rings is 1. The molecule has 1 amide bonds. The number of para-hydroxylation sites is 1. The zero-order chi connectivity index (χ0) is 15.5. The first-order valence-corrected chi connectivity index (χ1v) is 6.88. The van der Waals surface area contributed by atoms with Crippen molar-refractivity contribution >= 4 is 22.6 Å². The van der Waals surface area contributed by atoms with Crippen LogP contribution in [0.15, 0.2) is 47.1 Å². The predicted molar refractivity (Wildman–Crippen MR) is 81.7 cm³/mol. The molecule has 0 fully saturated rings. The molecule has 0 saturated heterocycles. The zero-order valence-electron chi connectivity index (χ0n) is 12.2. The molecule has 0 unspecified atom stereocenters. The predicted octanol–water partition coefficient (Wildman–Crippen LogP) is 2.94. The Balaban J connectivity index is 1.75. The number of carbonyl (C=O) groups is 1. The quantitative estimate of drug-likeness (QED) is 0.801. The maximum absolute atomic E-state index is 12.1.